The lowest BCUT2D eigenvalue weighted by molar-refractivity contribution is -0.117. The Morgan fingerprint density at radius 1 is 0.921 bits per heavy atom. The van der Waals surface area contributed by atoms with Gasteiger partial charge < -0.3 is 15.2 Å². The number of nitrogens with zero attached hydrogens (tertiary/aromatic N) is 3. The average Bonchev–Trinajstić information content (AvgIpc) is 3.47. The molecule has 2 amide bonds. The number of aromatic amines is 1. The van der Waals surface area contributed by atoms with Crippen LogP contribution in [0.1, 0.15) is 38.9 Å². The summed E-state index contributed by atoms with van der Waals surface area (Å²) in [5.41, 5.74) is 5.51. The molecule has 0 aliphatic carbocycles. The van der Waals surface area contributed by atoms with Crippen LogP contribution in [0.5, 0.6) is 0 Å². The normalized spacial score (nSPS) is 14.8. The van der Waals surface area contributed by atoms with Gasteiger partial charge in [0.1, 0.15) is 12.2 Å². The second-order valence-electron chi connectivity index (χ2n) is 9.62. The summed E-state index contributed by atoms with van der Waals surface area (Å²) in [6, 6.07) is 24.3. The van der Waals surface area contributed by atoms with Gasteiger partial charge in [0.25, 0.3) is 11.5 Å². The lowest BCUT2D eigenvalue weighted by Gasteiger charge is -2.25. The fraction of sp³-hybridized carbons (Fsp3) is 0.167. The predicted molar refractivity (Wildman–Crippen MR) is 147 cm³/mol. The Morgan fingerprint density at radius 3 is 2.39 bits per heavy atom. The van der Waals surface area contributed by atoms with Gasteiger partial charge in [-0.3, -0.25) is 19.1 Å². The minimum absolute atomic E-state index is 0.198. The lowest BCUT2D eigenvalue weighted by Crippen LogP contribution is -2.37. The van der Waals surface area contributed by atoms with Crippen molar-refractivity contribution in [1.29, 1.82) is 0 Å². The third-order valence-electron chi connectivity index (χ3n) is 7.41. The van der Waals surface area contributed by atoms with Crippen LogP contribution in [-0.4, -0.2) is 37.6 Å². The molecular formula is C30H27N5O3. The topological polar surface area (TPSA) is 92.1 Å². The summed E-state index contributed by atoms with van der Waals surface area (Å²) in [4.78, 5) is 45.3. The summed E-state index contributed by atoms with van der Waals surface area (Å²) in [7, 11) is 1.77. The summed E-state index contributed by atoms with van der Waals surface area (Å²) in [5.74, 6) is -0.642. The van der Waals surface area contributed by atoms with Crippen LogP contribution in [0.25, 0.3) is 16.6 Å². The highest BCUT2D eigenvalue weighted by atomic mass is 16.2. The Labute approximate surface area is 219 Å². The number of nitrogens with one attached hydrogen (secondary N) is 2. The van der Waals surface area contributed by atoms with Crippen molar-refractivity contribution in [2.45, 2.75) is 19.9 Å². The Balaban J connectivity index is 1.37. The molecule has 0 spiro atoms. The summed E-state index contributed by atoms with van der Waals surface area (Å²) < 4.78 is 3.22. The van der Waals surface area contributed by atoms with Crippen LogP contribution in [0.3, 0.4) is 0 Å². The van der Waals surface area contributed by atoms with E-state index in [0.29, 0.717) is 16.9 Å². The van der Waals surface area contributed by atoms with Crippen LogP contribution in [0.2, 0.25) is 0 Å². The van der Waals surface area contributed by atoms with Crippen molar-refractivity contribution in [1.82, 2.24) is 19.2 Å². The molecule has 190 valence electrons. The lowest BCUT2D eigenvalue weighted by atomic mass is 9.95. The van der Waals surface area contributed by atoms with E-state index in [4.69, 9.17) is 0 Å². The van der Waals surface area contributed by atoms with E-state index in [9.17, 15) is 14.4 Å². The second kappa shape index (κ2) is 8.92. The number of aromatic nitrogens is 3. The first kappa shape index (κ1) is 23.5. The number of aryl methyl sites for hydroxylation is 1. The van der Waals surface area contributed by atoms with Crippen LogP contribution in [-0.2, 0) is 11.8 Å². The highest BCUT2D eigenvalue weighted by Crippen LogP contribution is 2.42. The maximum Gasteiger partial charge on any atom is 0.295 e. The van der Waals surface area contributed by atoms with Crippen LogP contribution >= 0.6 is 0 Å². The molecule has 3 aromatic carbocycles. The molecule has 1 aliphatic heterocycles. The number of amides is 2. The quantitative estimate of drug-likeness (QED) is 0.370. The van der Waals surface area contributed by atoms with Crippen LogP contribution < -0.4 is 10.9 Å². The van der Waals surface area contributed by atoms with Crippen molar-refractivity contribution in [2.24, 2.45) is 7.05 Å². The minimum atomic E-state index is -0.432. The first-order valence-electron chi connectivity index (χ1n) is 12.5. The van der Waals surface area contributed by atoms with Gasteiger partial charge in [-0.15, -0.1) is 0 Å². The number of carbonyl (C=O) groups is 2. The van der Waals surface area contributed by atoms with E-state index >= 15 is 0 Å². The molecule has 0 fully saturated rings. The van der Waals surface area contributed by atoms with E-state index in [2.05, 4.69) is 10.3 Å². The molecule has 2 aromatic heterocycles. The number of fused-ring (bicyclic) bond motifs is 2. The van der Waals surface area contributed by atoms with Gasteiger partial charge in [-0.2, -0.15) is 0 Å². The number of rotatable bonds is 5. The molecule has 6 rings (SSSR count). The van der Waals surface area contributed by atoms with E-state index in [1.165, 1.54) is 4.68 Å². The Hall–Kier alpha value is -4.85. The van der Waals surface area contributed by atoms with E-state index in [1.54, 1.807) is 29.6 Å². The van der Waals surface area contributed by atoms with Gasteiger partial charge in [0.05, 0.1) is 17.4 Å². The molecule has 0 radical (unpaired) electrons. The predicted octanol–water partition coefficient (Wildman–Crippen LogP) is 4.46. The summed E-state index contributed by atoms with van der Waals surface area (Å²) in [6.07, 6.45) is 0. The first-order chi connectivity index (χ1) is 18.4. The SMILES string of the molecule is Cc1[nH]c2ccccc2c1C1c2ccccc2C(=O)N1CC(=O)Nc1c(C)n(C)n(-c2ccccc2)c1=O. The summed E-state index contributed by atoms with van der Waals surface area (Å²) in [6.45, 7) is 3.57. The number of para-hydroxylation sites is 2. The van der Waals surface area contributed by atoms with E-state index < -0.39 is 11.9 Å². The molecular weight excluding hydrogens is 478 g/mol. The molecule has 8 heteroatoms. The second-order valence-corrected chi connectivity index (χ2v) is 9.62. The summed E-state index contributed by atoms with van der Waals surface area (Å²) in [5, 5.41) is 3.82. The van der Waals surface area contributed by atoms with Crippen molar-refractivity contribution in [3.63, 3.8) is 0 Å². The van der Waals surface area contributed by atoms with Gasteiger partial charge in [0.2, 0.25) is 5.91 Å². The van der Waals surface area contributed by atoms with Crippen molar-refractivity contribution >= 4 is 28.4 Å². The third kappa shape index (κ3) is 3.56. The number of carbonyl (C=O) groups excluding carboxylic acids is 2. The first-order valence-corrected chi connectivity index (χ1v) is 12.5. The smallest absolute Gasteiger partial charge is 0.295 e. The van der Waals surface area contributed by atoms with Crippen molar-refractivity contribution < 1.29 is 9.59 Å². The van der Waals surface area contributed by atoms with Gasteiger partial charge >= 0.3 is 0 Å². The fourth-order valence-electron chi connectivity index (χ4n) is 5.54. The maximum absolute atomic E-state index is 13.6. The minimum Gasteiger partial charge on any atom is -0.358 e. The Kier molecular flexibility index (Phi) is 5.52. The zero-order valence-corrected chi connectivity index (χ0v) is 21.4. The number of hydrogen-bond donors (Lipinski definition) is 2. The number of hydrogen-bond acceptors (Lipinski definition) is 3. The van der Waals surface area contributed by atoms with Crippen molar-refractivity contribution in [2.75, 3.05) is 11.9 Å². The largest absolute Gasteiger partial charge is 0.358 e. The molecule has 38 heavy (non-hydrogen) atoms. The van der Waals surface area contributed by atoms with Gasteiger partial charge in [0, 0.05) is 34.8 Å². The third-order valence-corrected chi connectivity index (χ3v) is 7.41. The van der Waals surface area contributed by atoms with Crippen LogP contribution in [0, 0.1) is 13.8 Å². The molecule has 5 aromatic rings. The molecule has 1 aliphatic rings. The molecule has 0 bridgehead atoms. The van der Waals surface area contributed by atoms with E-state index in [-0.39, 0.29) is 23.7 Å². The zero-order valence-electron chi connectivity index (χ0n) is 21.4. The maximum atomic E-state index is 13.6. The molecule has 2 N–H and O–H groups in total. The molecule has 0 saturated heterocycles. The standard InChI is InChI=1S/C30H27N5O3/c1-18-26(23-15-9-10-16-24(23)31-18)28-21-13-7-8-14-22(21)29(37)34(28)17-25(36)32-27-19(2)33(3)35(30(27)38)20-11-5-4-6-12-20/h4-16,28,31H,17H2,1-3H3,(H,32,36). The molecule has 1 unspecified atom stereocenters. The monoisotopic (exact) mass is 505 g/mol. The van der Waals surface area contributed by atoms with Gasteiger partial charge in [-0.25, -0.2) is 4.68 Å². The molecule has 8 nitrogen and oxygen atoms in total. The Bertz CT molecular complexity index is 1780. The fourth-order valence-corrected chi connectivity index (χ4v) is 5.54. The number of H-pyrrole nitrogens is 1. The Morgan fingerprint density at radius 2 is 1.61 bits per heavy atom. The molecule has 1 atom stereocenters. The van der Waals surface area contributed by atoms with Crippen molar-refractivity contribution in [3.8, 4) is 5.69 Å². The van der Waals surface area contributed by atoms with E-state index in [1.807, 2.05) is 79.7 Å². The highest BCUT2D eigenvalue weighted by molar-refractivity contribution is 6.04. The van der Waals surface area contributed by atoms with Gasteiger partial charge in [-0.05, 0) is 43.7 Å². The molecule has 0 saturated carbocycles. The summed E-state index contributed by atoms with van der Waals surface area (Å²) >= 11 is 0. The highest BCUT2D eigenvalue weighted by Gasteiger charge is 2.40. The van der Waals surface area contributed by atoms with Crippen LogP contribution in [0.15, 0.2) is 83.7 Å². The van der Waals surface area contributed by atoms with Crippen molar-refractivity contribution in [3.05, 3.63) is 117 Å². The number of anilines is 1. The van der Waals surface area contributed by atoms with Gasteiger partial charge in [0.15, 0.2) is 0 Å². The average molecular weight is 506 g/mol. The zero-order chi connectivity index (χ0) is 26.6. The number of benzene rings is 3. The van der Waals surface area contributed by atoms with E-state index in [0.717, 1.165) is 27.7 Å². The van der Waals surface area contributed by atoms with Crippen LogP contribution in [0.4, 0.5) is 5.69 Å². The molecule has 3 heterocycles. The van der Waals surface area contributed by atoms with Gasteiger partial charge in [-0.1, -0.05) is 54.6 Å².